The Hall–Kier alpha value is -1.65. The molecule has 100 valence electrons. The first-order chi connectivity index (χ1) is 9.15. The van der Waals surface area contributed by atoms with Gasteiger partial charge < -0.3 is 10.6 Å². The minimum Gasteiger partial charge on any atom is -0.326 e. The molecule has 0 spiro atoms. The molecule has 19 heavy (non-hydrogen) atoms. The molecule has 0 fully saturated rings. The molecule has 0 aliphatic heterocycles. The van der Waals surface area contributed by atoms with E-state index in [0.717, 1.165) is 12.2 Å². The van der Waals surface area contributed by atoms with Crippen molar-refractivity contribution in [3.05, 3.63) is 52.2 Å². The normalized spacial score (nSPS) is 12.1. The van der Waals surface area contributed by atoms with Crippen LogP contribution >= 0.6 is 11.3 Å². The molecule has 2 aromatic rings. The number of hydrogen-bond donors (Lipinski definition) is 2. The third kappa shape index (κ3) is 4.19. The lowest BCUT2D eigenvalue weighted by Crippen LogP contribution is -2.18. The van der Waals surface area contributed by atoms with E-state index < -0.39 is 0 Å². The van der Waals surface area contributed by atoms with Crippen LogP contribution in [0.5, 0.6) is 0 Å². The Morgan fingerprint density at radius 3 is 2.89 bits per heavy atom. The van der Waals surface area contributed by atoms with E-state index in [2.05, 4.69) is 40.5 Å². The number of thiophene rings is 1. The maximum atomic E-state index is 11.0. The molecule has 2 N–H and O–H groups in total. The topological polar surface area (TPSA) is 41.1 Å². The van der Waals surface area contributed by atoms with E-state index in [9.17, 15) is 4.79 Å². The molecule has 2 rings (SSSR count). The van der Waals surface area contributed by atoms with E-state index in [-0.39, 0.29) is 11.9 Å². The Kier molecular flexibility index (Phi) is 4.71. The standard InChI is InChI=1S/C15H18N2OS/c1-11(16-9-13-6-7-19-10-13)14-4-3-5-15(8-14)17-12(2)18/h3-8,10-11,16H,9H2,1-2H3,(H,17,18). The Balaban J connectivity index is 1.98. The van der Waals surface area contributed by atoms with Gasteiger partial charge in [0.15, 0.2) is 0 Å². The molecule has 0 bridgehead atoms. The summed E-state index contributed by atoms with van der Waals surface area (Å²) in [7, 11) is 0. The van der Waals surface area contributed by atoms with Gasteiger partial charge in [-0.1, -0.05) is 12.1 Å². The van der Waals surface area contributed by atoms with Gasteiger partial charge in [0, 0.05) is 25.2 Å². The number of carbonyl (C=O) groups is 1. The first-order valence-corrected chi connectivity index (χ1v) is 7.21. The molecule has 1 atom stereocenters. The second-order valence-electron chi connectivity index (χ2n) is 4.54. The minimum atomic E-state index is -0.0453. The van der Waals surface area contributed by atoms with Gasteiger partial charge in [-0.3, -0.25) is 4.79 Å². The first kappa shape index (κ1) is 13.8. The van der Waals surface area contributed by atoms with Crippen LogP contribution in [0.2, 0.25) is 0 Å². The van der Waals surface area contributed by atoms with Crippen LogP contribution in [0.3, 0.4) is 0 Å². The molecule has 4 heteroatoms. The monoisotopic (exact) mass is 274 g/mol. The van der Waals surface area contributed by atoms with E-state index in [4.69, 9.17) is 0 Å². The molecule has 1 heterocycles. The minimum absolute atomic E-state index is 0.0453. The van der Waals surface area contributed by atoms with Crippen molar-refractivity contribution >= 4 is 22.9 Å². The third-order valence-corrected chi connectivity index (χ3v) is 3.63. The number of benzene rings is 1. The summed E-state index contributed by atoms with van der Waals surface area (Å²) in [6.07, 6.45) is 0. The highest BCUT2D eigenvalue weighted by atomic mass is 32.1. The summed E-state index contributed by atoms with van der Waals surface area (Å²) >= 11 is 1.71. The lowest BCUT2D eigenvalue weighted by atomic mass is 10.1. The molecule has 1 aromatic heterocycles. The Bertz CT molecular complexity index is 537. The summed E-state index contributed by atoms with van der Waals surface area (Å²) in [6.45, 7) is 4.50. The zero-order chi connectivity index (χ0) is 13.7. The fourth-order valence-corrected chi connectivity index (χ4v) is 2.54. The van der Waals surface area contributed by atoms with Gasteiger partial charge in [-0.25, -0.2) is 0 Å². The molecule has 0 saturated carbocycles. The summed E-state index contributed by atoms with van der Waals surface area (Å²) in [5.41, 5.74) is 3.31. The lowest BCUT2D eigenvalue weighted by Gasteiger charge is -2.15. The summed E-state index contributed by atoms with van der Waals surface area (Å²) in [4.78, 5) is 11.0. The quantitative estimate of drug-likeness (QED) is 0.875. The zero-order valence-corrected chi connectivity index (χ0v) is 12.0. The van der Waals surface area contributed by atoms with E-state index in [1.54, 1.807) is 11.3 Å². The van der Waals surface area contributed by atoms with Crippen molar-refractivity contribution in [3.63, 3.8) is 0 Å². The number of rotatable bonds is 5. The highest BCUT2D eigenvalue weighted by molar-refractivity contribution is 7.07. The average molecular weight is 274 g/mol. The van der Waals surface area contributed by atoms with Gasteiger partial charge >= 0.3 is 0 Å². The third-order valence-electron chi connectivity index (χ3n) is 2.90. The van der Waals surface area contributed by atoms with Gasteiger partial charge in [-0.15, -0.1) is 0 Å². The molecule has 3 nitrogen and oxygen atoms in total. The summed E-state index contributed by atoms with van der Waals surface area (Å²) in [6, 6.07) is 10.3. The van der Waals surface area contributed by atoms with E-state index in [1.165, 1.54) is 18.1 Å². The summed E-state index contributed by atoms with van der Waals surface area (Å²) in [5.74, 6) is -0.0453. The van der Waals surface area contributed by atoms with Crippen molar-refractivity contribution in [1.29, 1.82) is 0 Å². The number of amides is 1. The van der Waals surface area contributed by atoms with E-state index in [1.807, 2.05) is 18.2 Å². The SMILES string of the molecule is CC(=O)Nc1cccc(C(C)NCc2ccsc2)c1. The van der Waals surface area contributed by atoms with Gasteiger partial charge in [0.05, 0.1) is 0 Å². The molecule has 0 aliphatic rings. The smallest absolute Gasteiger partial charge is 0.221 e. The van der Waals surface area contributed by atoms with Crippen LogP contribution in [-0.2, 0) is 11.3 Å². The van der Waals surface area contributed by atoms with Gasteiger partial charge in [-0.2, -0.15) is 11.3 Å². The van der Waals surface area contributed by atoms with Crippen molar-refractivity contribution in [2.24, 2.45) is 0 Å². The van der Waals surface area contributed by atoms with Gasteiger partial charge in [0.2, 0.25) is 5.91 Å². The van der Waals surface area contributed by atoms with Gasteiger partial charge in [0.25, 0.3) is 0 Å². The Morgan fingerprint density at radius 1 is 1.37 bits per heavy atom. The molecule has 0 saturated heterocycles. The number of carbonyl (C=O) groups excluding carboxylic acids is 1. The summed E-state index contributed by atoms with van der Waals surface area (Å²) in [5, 5.41) is 10.5. The highest BCUT2D eigenvalue weighted by Gasteiger charge is 2.06. The molecule has 0 radical (unpaired) electrons. The van der Waals surface area contributed by atoms with Gasteiger partial charge in [0.1, 0.15) is 0 Å². The van der Waals surface area contributed by atoms with Crippen molar-refractivity contribution in [1.82, 2.24) is 5.32 Å². The molecule has 1 unspecified atom stereocenters. The average Bonchev–Trinajstić information content (AvgIpc) is 2.88. The van der Waals surface area contributed by atoms with Crippen LogP contribution in [0.1, 0.15) is 31.0 Å². The molecule has 1 aromatic carbocycles. The second kappa shape index (κ2) is 6.50. The van der Waals surface area contributed by atoms with Crippen LogP contribution in [0.25, 0.3) is 0 Å². The largest absolute Gasteiger partial charge is 0.326 e. The van der Waals surface area contributed by atoms with Crippen LogP contribution in [0.15, 0.2) is 41.1 Å². The van der Waals surface area contributed by atoms with E-state index in [0.29, 0.717) is 0 Å². The predicted molar refractivity (Wildman–Crippen MR) is 80.3 cm³/mol. The van der Waals surface area contributed by atoms with E-state index >= 15 is 0 Å². The molecule has 0 aliphatic carbocycles. The fraction of sp³-hybridized carbons (Fsp3) is 0.267. The van der Waals surface area contributed by atoms with Crippen LogP contribution in [0.4, 0.5) is 5.69 Å². The number of anilines is 1. The number of nitrogens with one attached hydrogen (secondary N) is 2. The van der Waals surface area contributed by atoms with Crippen LogP contribution < -0.4 is 10.6 Å². The van der Waals surface area contributed by atoms with Crippen molar-refractivity contribution < 1.29 is 4.79 Å². The second-order valence-corrected chi connectivity index (χ2v) is 5.32. The highest BCUT2D eigenvalue weighted by Crippen LogP contribution is 2.18. The van der Waals surface area contributed by atoms with Crippen molar-refractivity contribution in [2.75, 3.05) is 5.32 Å². The first-order valence-electron chi connectivity index (χ1n) is 6.27. The fourth-order valence-electron chi connectivity index (χ4n) is 1.87. The van der Waals surface area contributed by atoms with Crippen LogP contribution in [-0.4, -0.2) is 5.91 Å². The molecular weight excluding hydrogens is 256 g/mol. The Labute approximate surface area is 117 Å². The maximum Gasteiger partial charge on any atom is 0.221 e. The molecule has 1 amide bonds. The van der Waals surface area contributed by atoms with Gasteiger partial charge in [-0.05, 0) is 47.0 Å². The van der Waals surface area contributed by atoms with Crippen molar-refractivity contribution in [2.45, 2.75) is 26.4 Å². The zero-order valence-electron chi connectivity index (χ0n) is 11.1. The molecular formula is C15H18N2OS. The number of hydrogen-bond acceptors (Lipinski definition) is 3. The lowest BCUT2D eigenvalue weighted by molar-refractivity contribution is -0.114. The Morgan fingerprint density at radius 2 is 2.21 bits per heavy atom. The maximum absolute atomic E-state index is 11.0. The predicted octanol–water partition coefficient (Wildman–Crippen LogP) is 3.56. The van der Waals surface area contributed by atoms with Crippen molar-refractivity contribution in [3.8, 4) is 0 Å². The van der Waals surface area contributed by atoms with Crippen LogP contribution in [0, 0.1) is 0 Å². The summed E-state index contributed by atoms with van der Waals surface area (Å²) < 4.78 is 0.